The van der Waals surface area contributed by atoms with Crippen molar-refractivity contribution in [1.29, 1.82) is 0 Å². The number of anilines is 1. The predicted octanol–water partition coefficient (Wildman–Crippen LogP) is 2.55. The average molecular weight is 394 g/mol. The van der Waals surface area contributed by atoms with Gasteiger partial charge in [-0.25, -0.2) is 0 Å². The van der Waals surface area contributed by atoms with Crippen molar-refractivity contribution in [3.63, 3.8) is 0 Å². The summed E-state index contributed by atoms with van der Waals surface area (Å²) in [4.78, 5) is 26.5. The molecule has 1 aliphatic rings. The highest BCUT2D eigenvalue weighted by Gasteiger charge is 2.34. The minimum atomic E-state index is -0.681. The number of rotatable bonds is 5. The lowest BCUT2D eigenvalue weighted by Gasteiger charge is -2.18. The maximum Gasteiger partial charge on any atom is 0.249 e. The second-order valence-corrected chi connectivity index (χ2v) is 6.55. The van der Waals surface area contributed by atoms with Crippen LogP contribution in [0.2, 0.25) is 5.02 Å². The van der Waals surface area contributed by atoms with Crippen LogP contribution < -0.4 is 16.0 Å². The molecule has 0 spiro atoms. The summed E-state index contributed by atoms with van der Waals surface area (Å²) in [5, 5.41) is 3.40. The minimum absolute atomic E-state index is 0. The summed E-state index contributed by atoms with van der Waals surface area (Å²) in [5.74, 6) is -0.428. The highest BCUT2D eigenvalue weighted by molar-refractivity contribution is 6.30. The Hall–Kier alpha value is -2.08. The van der Waals surface area contributed by atoms with Crippen LogP contribution in [0.25, 0.3) is 0 Å². The van der Waals surface area contributed by atoms with E-state index in [-0.39, 0.29) is 24.2 Å². The van der Waals surface area contributed by atoms with Gasteiger partial charge in [0.2, 0.25) is 11.8 Å². The summed E-state index contributed by atoms with van der Waals surface area (Å²) < 4.78 is 0. The molecule has 7 heteroatoms. The summed E-state index contributed by atoms with van der Waals surface area (Å²) in [6.07, 6.45) is 1.000. The van der Waals surface area contributed by atoms with Crippen molar-refractivity contribution in [2.45, 2.75) is 24.9 Å². The molecular weight excluding hydrogens is 373 g/mol. The van der Waals surface area contributed by atoms with E-state index in [4.69, 9.17) is 17.3 Å². The van der Waals surface area contributed by atoms with E-state index >= 15 is 0 Å². The van der Waals surface area contributed by atoms with Crippen LogP contribution in [0.3, 0.4) is 0 Å². The van der Waals surface area contributed by atoms with Gasteiger partial charge in [0.05, 0.1) is 6.04 Å². The number of halogens is 2. The van der Waals surface area contributed by atoms with Gasteiger partial charge in [0.25, 0.3) is 0 Å². The van der Waals surface area contributed by atoms with Gasteiger partial charge in [-0.15, -0.1) is 12.4 Å². The monoisotopic (exact) mass is 393 g/mol. The van der Waals surface area contributed by atoms with Gasteiger partial charge in [0.1, 0.15) is 6.04 Å². The van der Waals surface area contributed by atoms with E-state index < -0.39 is 12.1 Å². The Bertz CT molecular complexity index is 753. The number of hydrogen-bond donors (Lipinski definition) is 2. The molecule has 3 rings (SSSR count). The smallest absolute Gasteiger partial charge is 0.249 e. The molecule has 1 fully saturated rings. The lowest BCUT2D eigenvalue weighted by molar-refractivity contribution is -0.127. The molecule has 0 aromatic heterocycles. The highest BCUT2D eigenvalue weighted by Crippen LogP contribution is 2.23. The van der Waals surface area contributed by atoms with Gasteiger partial charge in [0, 0.05) is 17.3 Å². The molecule has 0 radical (unpaired) electrons. The Morgan fingerprint density at radius 1 is 1.19 bits per heavy atom. The average Bonchev–Trinajstić information content (AvgIpc) is 2.97. The first-order valence-electron chi connectivity index (χ1n) is 8.21. The van der Waals surface area contributed by atoms with Gasteiger partial charge in [-0.05, 0) is 42.7 Å². The summed E-state index contributed by atoms with van der Waals surface area (Å²) in [6, 6.07) is 15.4. The Balaban J connectivity index is 0.00000243. The zero-order valence-corrected chi connectivity index (χ0v) is 15.7. The third-order valence-electron chi connectivity index (χ3n) is 4.30. The molecule has 1 unspecified atom stereocenters. The third kappa shape index (κ3) is 4.75. The van der Waals surface area contributed by atoms with Crippen LogP contribution in [0.1, 0.15) is 12.0 Å². The standard InChI is InChI=1S/C19H20ClN3O2.ClH/c20-14-6-8-15(9-7-14)23-11-10-17(19(23)25)22-18(24)16(21)12-13-4-2-1-3-5-13;/h1-9,16-17H,10-12,21H2,(H,22,24);1H/t16-,17?;/m0./s1. The molecule has 2 aromatic carbocycles. The van der Waals surface area contributed by atoms with E-state index in [1.165, 1.54) is 0 Å². The zero-order valence-electron chi connectivity index (χ0n) is 14.1. The number of nitrogens with zero attached hydrogens (tertiary/aromatic N) is 1. The Kier molecular flexibility index (Phi) is 7.03. The van der Waals surface area contributed by atoms with Gasteiger partial charge in [-0.1, -0.05) is 41.9 Å². The zero-order chi connectivity index (χ0) is 17.8. The molecule has 2 aromatic rings. The molecular formula is C19H21Cl2N3O2. The van der Waals surface area contributed by atoms with Crippen molar-refractivity contribution in [2.75, 3.05) is 11.4 Å². The molecule has 1 heterocycles. The number of nitrogens with one attached hydrogen (secondary N) is 1. The molecule has 5 nitrogen and oxygen atoms in total. The highest BCUT2D eigenvalue weighted by atomic mass is 35.5. The fourth-order valence-corrected chi connectivity index (χ4v) is 3.06. The number of hydrogen-bond acceptors (Lipinski definition) is 3. The number of benzene rings is 2. The van der Waals surface area contributed by atoms with Crippen molar-refractivity contribution in [3.05, 3.63) is 65.2 Å². The predicted molar refractivity (Wildman–Crippen MR) is 106 cm³/mol. The van der Waals surface area contributed by atoms with Crippen molar-refractivity contribution in [3.8, 4) is 0 Å². The molecule has 1 saturated heterocycles. The van der Waals surface area contributed by atoms with Crippen LogP contribution in [0, 0.1) is 0 Å². The SMILES string of the molecule is Cl.N[C@@H](Cc1ccccc1)C(=O)NC1CCN(c2ccc(Cl)cc2)C1=O. The third-order valence-corrected chi connectivity index (χ3v) is 4.55. The molecule has 0 bridgehead atoms. The molecule has 26 heavy (non-hydrogen) atoms. The first kappa shape index (κ1) is 20.2. The Labute approximate surface area is 163 Å². The van der Waals surface area contributed by atoms with Gasteiger partial charge in [-0.2, -0.15) is 0 Å². The summed E-state index contributed by atoms with van der Waals surface area (Å²) in [6.45, 7) is 0.555. The normalized spacial score (nSPS) is 17.5. The molecule has 2 atom stereocenters. The molecule has 2 amide bonds. The molecule has 3 N–H and O–H groups in total. The van der Waals surface area contributed by atoms with E-state index in [0.29, 0.717) is 24.4 Å². The van der Waals surface area contributed by atoms with E-state index in [9.17, 15) is 9.59 Å². The maximum absolute atomic E-state index is 12.5. The first-order valence-corrected chi connectivity index (χ1v) is 8.59. The van der Waals surface area contributed by atoms with Crippen LogP contribution >= 0.6 is 24.0 Å². The fraction of sp³-hybridized carbons (Fsp3) is 0.263. The van der Waals surface area contributed by atoms with Gasteiger partial charge in [0.15, 0.2) is 0 Å². The van der Waals surface area contributed by atoms with Gasteiger partial charge >= 0.3 is 0 Å². The van der Waals surface area contributed by atoms with Gasteiger partial charge < -0.3 is 16.0 Å². The Morgan fingerprint density at radius 3 is 2.50 bits per heavy atom. The van der Waals surface area contributed by atoms with Crippen LogP contribution in [0.5, 0.6) is 0 Å². The summed E-state index contributed by atoms with van der Waals surface area (Å²) in [5.41, 5.74) is 7.75. The second kappa shape index (κ2) is 9.03. The lowest BCUT2D eigenvalue weighted by atomic mass is 10.1. The van der Waals surface area contributed by atoms with Crippen LogP contribution in [0.4, 0.5) is 5.69 Å². The van der Waals surface area contributed by atoms with Crippen LogP contribution in [-0.2, 0) is 16.0 Å². The summed E-state index contributed by atoms with van der Waals surface area (Å²) >= 11 is 5.88. The quantitative estimate of drug-likeness (QED) is 0.819. The van der Waals surface area contributed by atoms with Crippen LogP contribution in [-0.4, -0.2) is 30.4 Å². The van der Waals surface area contributed by atoms with Crippen molar-refractivity contribution >= 4 is 41.5 Å². The molecule has 0 saturated carbocycles. The van der Waals surface area contributed by atoms with Crippen LogP contribution in [0.15, 0.2) is 54.6 Å². The van der Waals surface area contributed by atoms with Crippen molar-refractivity contribution in [1.82, 2.24) is 5.32 Å². The fourth-order valence-electron chi connectivity index (χ4n) is 2.93. The molecule has 138 valence electrons. The largest absolute Gasteiger partial charge is 0.343 e. The first-order chi connectivity index (χ1) is 12.0. The molecule has 0 aliphatic carbocycles. The number of amides is 2. The molecule has 1 aliphatic heterocycles. The van der Waals surface area contributed by atoms with E-state index in [1.54, 1.807) is 29.2 Å². The second-order valence-electron chi connectivity index (χ2n) is 6.11. The minimum Gasteiger partial charge on any atom is -0.343 e. The summed E-state index contributed by atoms with van der Waals surface area (Å²) in [7, 11) is 0. The van der Waals surface area contributed by atoms with E-state index in [1.807, 2.05) is 30.3 Å². The van der Waals surface area contributed by atoms with E-state index in [2.05, 4.69) is 5.32 Å². The number of carbonyl (C=O) groups excluding carboxylic acids is 2. The van der Waals surface area contributed by atoms with E-state index in [0.717, 1.165) is 11.3 Å². The Morgan fingerprint density at radius 2 is 1.85 bits per heavy atom. The lowest BCUT2D eigenvalue weighted by Crippen LogP contribution is -2.49. The number of carbonyl (C=O) groups is 2. The van der Waals surface area contributed by atoms with Crippen molar-refractivity contribution < 1.29 is 9.59 Å². The van der Waals surface area contributed by atoms with Crippen molar-refractivity contribution in [2.24, 2.45) is 5.73 Å². The van der Waals surface area contributed by atoms with Gasteiger partial charge in [-0.3, -0.25) is 9.59 Å². The topological polar surface area (TPSA) is 75.4 Å². The maximum atomic E-state index is 12.5. The number of nitrogens with two attached hydrogens (primary N) is 1.